The van der Waals surface area contributed by atoms with E-state index < -0.39 is 0 Å². The van der Waals surface area contributed by atoms with Crippen molar-refractivity contribution in [3.05, 3.63) is 0 Å². The fraction of sp³-hybridized carbons (Fsp3) is 0.947. The van der Waals surface area contributed by atoms with Gasteiger partial charge in [-0.3, -0.25) is 4.90 Å². The summed E-state index contributed by atoms with van der Waals surface area (Å²) in [7, 11) is 0. The highest BCUT2D eigenvalue weighted by Crippen LogP contribution is 2.36. The van der Waals surface area contributed by atoms with Crippen LogP contribution in [-0.4, -0.2) is 23.5 Å². The van der Waals surface area contributed by atoms with Crippen LogP contribution >= 0.6 is 0 Å². The molecule has 0 N–H and O–H groups in total. The molecule has 1 aliphatic carbocycles. The second-order valence-electron chi connectivity index (χ2n) is 7.33. The molecule has 122 valence electrons. The van der Waals surface area contributed by atoms with Gasteiger partial charge in [0, 0.05) is 18.6 Å². The lowest BCUT2D eigenvalue weighted by Gasteiger charge is -2.44. The Morgan fingerprint density at radius 1 is 1.14 bits per heavy atom. The molecule has 1 saturated carbocycles. The normalized spacial score (nSPS) is 26.5. The standard InChI is InChI=1S/C19H36N2/c1-6-9-16-10-11-17(13-20)19(12-16)21(14-15(4)5)18(7-2)8-3/h15-19H,6-12,14H2,1-5H3. The molecule has 0 bridgehead atoms. The summed E-state index contributed by atoms with van der Waals surface area (Å²) >= 11 is 0. The summed E-state index contributed by atoms with van der Waals surface area (Å²) in [6.07, 6.45) is 8.65. The first-order valence-electron chi connectivity index (χ1n) is 9.22. The molecule has 0 aromatic rings. The Morgan fingerprint density at radius 3 is 2.29 bits per heavy atom. The van der Waals surface area contributed by atoms with Gasteiger partial charge in [0.2, 0.25) is 0 Å². The first kappa shape index (κ1) is 18.5. The van der Waals surface area contributed by atoms with Gasteiger partial charge in [-0.25, -0.2) is 0 Å². The minimum atomic E-state index is 0.248. The molecule has 1 fully saturated rings. The summed E-state index contributed by atoms with van der Waals surface area (Å²) in [5, 5.41) is 9.61. The van der Waals surface area contributed by atoms with Gasteiger partial charge in [-0.1, -0.05) is 47.5 Å². The van der Waals surface area contributed by atoms with Gasteiger partial charge in [-0.2, -0.15) is 5.26 Å². The van der Waals surface area contributed by atoms with Gasteiger partial charge in [0.25, 0.3) is 0 Å². The third-order valence-corrected chi connectivity index (χ3v) is 5.20. The lowest BCUT2D eigenvalue weighted by molar-refractivity contribution is 0.0460. The van der Waals surface area contributed by atoms with E-state index >= 15 is 0 Å². The van der Waals surface area contributed by atoms with Gasteiger partial charge in [0.05, 0.1) is 12.0 Å². The summed E-state index contributed by atoms with van der Waals surface area (Å²) in [6, 6.07) is 3.77. The van der Waals surface area contributed by atoms with Crippen molar-refractivity contribution in [2.75, 3.05) is 6.54 Å². The van der Waals surface area contributed by atoms with Crippen LogP contribution in [0.15, 0.2) is 0 Å². The molecule has 0 spiro atoms. The van der Waals surface area contributed by atoms with E-state index in [0.29, 0.717) is 18.0 Å². The van der Waals surface area contributed by atoms with E-state index in [1.807, 2.05) is 0 Å². The van der Waals surface area contributed by atoms with Crippen LogP contribution in [-0.2, 0) is 0 Å². The van der Waals surface area contributed by atoms with E-state index in [0.717, 1.165) is 18.9 Å². The summed E-state index contributed by atoms with van der Waals surface area (Å²) in [6.45, 7) is 12.7. The summed E-state index contributed by atoms with van der Waals surface area (Å²) in [5.74, 6) is 1.77. The summed E-state index contributed by atoms with van der Waals surface area (Å²) in [4.78, 5) is 2.71. The summed E-state index contributed by atoms with van der Waals surface area (Å²) < 4.78 is 0. The maximum atomic E-state index is 9.61. The van der Waals surface area contributed by atoms with Gasteiger partial charge >= 0.3 is 0 Å². The van der Waals surface area contributed by atoms with E-state index in [2.05, 4.69) is 45.6 Å². The molecular weight excluding hydrogens is 256 g/mol. The van der Waals surface area contributed by atoms with Crippen LogP contribution in [0.3, 0.4) is 0 Å². The Balaban J connectivity index is 2.90. The molecular formula is C19H36N2. The van der Waals surface area contributed by atoms with Crippen molar-refractivity contribution in [1.29, 1.82) is 5.26 Å². The Bertz CT molecular complexity index is 314. The van der Waals surface area contributed by atoms with Crippen molar-refractivity contribution < 1.29 is 0 Å². The van der Waals surface area contributed by atoms with E-state index in [4.69, 9.17) is 0 Å². The van der Waals surface area contributed by atoms with Crippen molar-refractivity contribution in [1.82, 2.24) is 4.90 Å². The van der Waals surface area contributed by atoms with Crippen molar-refractivity contribution in [3.8, 4) is 6.07 Å². The minimum Gasteiger partial charge on any atom is -0.296 e. The maximum Gasteiger partial charge on any atom is 0.0672 e. The topological polar surface area (TPSA) is 27.0 Å². The molecule has 21 heavy (non-hydrogen) atoms. The lowest BCUT2D eigenvalue weighted by atomic mass is 9.75. The van der Waals surface area contributed by atoms with Crippen LogP contribution in [0.2, 0.25) is 0 Å². The van der Waals surface area contributed by atoms with Crippen molar-refractivity contribution >= 4 is 0 Å². The third kappa shape index (κ3) is 5.29. The highest BCUT2D eigenvalue weighted by molar-refractivity contribution is 4.99. The highest BCUT2D eigenvalue weighted by atomic mass is 15.2. The van der Waals surface area contributed by atoms with Crippen LogP contribution in [0.5, 0.6) is 0 Å². The van der Waals surface area contributed by atoms with Crippen LogP contribution in [0.4, 0.5) is 0 Å². The van der Waals surface area contributed by atoms with Gasteiger partial charge in [-0.15, -0.1) is 0 Å². The predicted molar refractivity (Wildman–Crippen MR) is 91.1 cm³/mol. The third-order valence-electron chi connectivity index (χ3n) is 5.20. The van der Waals surface area contributed by atoms with Gasteiger partial charge in [0.15, 0.2) is 0 Å². The van der Waals surface area contributed by atoms with Crippen LogP contribution < -0.4 is 0 Å². The summed E-state index contributed by atoms with van der Waals surface area (Å²) in [5.41, 5.74) is 0. The van der Waals surface area contributed by atoms with E-state index in [1.54, 1.807) is 0 Å². The largest absolute Gasteiger partial charge is 0.296 e. The Kier molecular flexibility index (Phi) is 8.34. The SMILES string of the molecule is CCCC1CCC(C#N)C(N(CC(C)C)C(CC)CC)C1. The lowest BCUT2D eigenvalue weighted by Crippen LogP contribution is -2.50. The van der Waals surface area contributed by atoms with Crippen molar-refractivity contribution in [2.45, 2.75) is 91.6 Å². The molecule has 1 rings (SSSR count). The monoisotopic (exact) mass is 292 g/mol. The van der Waals surface area contributed by atoms with Crippen molar-refractivity contribution in [2.24, 2.45) is 17.8 Å². The average molecular weight is 293 g/mol. The van der Waals surface area contributed by atoms with Gasteiger partial charge in [-0.05, 0) is 43.9 Å². The molecule has 0 aromatic carbocycles. The molecule has 2 nitrogen and oxygen atoms in total. The van der Waals surface area contributed by atoms with E-state index in [9.17, 15) is 5.26 Å². The average Bonchev–Trinajstić information content (AvgIpc) is 2.47. The van der Waals surface area contributed by atoms with Crippen molar-refractivity contribution in [3.63, 3.8) is 0 Å². The van der Waals surface area contributed by atoms with Crippen LogP contribution in [0.25, 0.3) is 0 Å². The zero-order valence-corrected chi connectivity index (χ0v) is 14.9. The molecule has 1 aliphatic rings. The van der Waals surface area contributed by atoms with E-state index in [-0.39, 0.29) is 5.92 Å². The maximum absolute atomic E-state index is 9.61. The van der Waals surface area contributed by atoms with Gasteiger partial charge < -0.3 is 0 Å². The van der Waals surface area contributed by atoms with Crippen LogP contribution in [0.1, 0.15) is 79.6 Å². The Morgan fingerprint density at radius 2 is 1.81 bits per heavy atom. The molecule has 3 unspecified atom stereocenters. The quantitative estimate of drug-likeness (QED) is 0.611. The Hall–Kier alpha value is -0.550. The Labute approximate surface area is 132 Å². The smallest absolute Gasteiger partial charge is 0.0672 e. The highest BCUT2D eigenvalue weighted by Gasteiger charge is 2.36. The predicted octanol–water partition coefficient (Wildman–Crippen LogP) is 5.24. The second kappa shape index (κ2) is 9.46. The minimum absolute atomic E-state index is 0.248. The number of hydrogen-bond acceptors (Lipinski definition) is 2. The fourth-order valence-electron chi connectivity index (χ4n) is 4.15. The molecule has 0 heterocycles. The molecule has 0 radical (unpaired) electrons. The molecule has 0 aromatic heterocycles. The zero-order chi connectivity index (χ0) is 15.8. The second-order valence-corrected chi connectivity index (χ2v) is 7.33. The fourth-order valence-corrected chi connectivity index (χ4v) is 4.15. The number of hydrogen-bond donors (Lipinski definition) is 0. The molecule has 2 heteroatoms. The molecule has 0 aliphatic heterocycles. The first-order valence-corrected chi connectivity index (χ1v) is 9.22. The molecule has 0 amide bonds. The van der Waals surface area contributed by atoms with E-state index in [1.165, 1.54) is 38.5 Å². The number of nitriles is 1. The number of rotatable bonds is 8. The number of nitrogens with zero attached hydrogens (tertiary/aromatic N) is 2. The first-order chi connectivity index (χ1) is 10.1. The molecule has 3 atom stereocenters. The van der Waals surface area contributed by atoms with Gasteiger partial charge in [0.1, 0.15) is 0 Å². The van der Waals surface area contributed by atoms with Crippen LogP contribution in [0, 0.1) is 29.1 Å². The zero-order valence-electron chi connectivity index (χ0n) is 14.9. The molecule has 0 saturated heterocycles.